The Hall–Kier alpha value is -1.11. The van der Waals surface area contributed by atoms with Crippen LogP contribution in [0.3, 0.4) is 0 Å². The number of anilines is 1. The summed E-state index contributed by atoms with van der Waals surface area (Å²) in [6.45, 7) is 3.76. The van der Waals surface area contributed by atoms with Gasteiger partial charge < -0.3 is 15.3 Å². The summed E-state index contributed by atoms with van der Waals surface area (Å²) in [6.07, 6.45) is 0.132. The van der Waals surface area contributed by atoms with Crippen molar-refractivity contribution >= 4 is 15.5 Å². The van der Waals surface area contributed by atoms with Gasteiger partial charge in [0.1, 0.15) is 0 Å². The van der Waals surface area contributed by atoms with Crippen LogP contribution in [0.5, 0.6) is 0 Å². The number of benzene rings is 1. The van der Waals surface area contributed by atoms with Crippen LogP contribution in [-0.4, -0.2) is 50.3 Å². The molecule has 21 heavy (non-hydrogen) atoms. The van der Waals surface area contributed by atoms with Crippen molar-refractivity contribution in [2.45, 2.75) is 31.5 Å². The highest BCUT2D eigenvalue weighted by atomic mass is 32.2. The Morgan fingerprint density at radius 3 is 2.76 bits per heavy atom. The Morgan fingerprint density at radius 1 is 1.33 bits per heavy atom. The first kappa shape index (κ1) is 14.8. The van der Waals surface area contributed by atoms with E-state index in [9.17, 15) is 13.5 Å². The molecule has 0 amide bonds. The van der Waals surface area contributed by atoms with Crippen molar-refractivity contribution < 1.29 is 13.5 Å². The molecule has 1 aromatic carbocycles. The Kier molecular flexibility index (Phi) is 3.94. The summed E-state index contributed by atoms with van der Waals surface area (Å²) in [7, 11) is -3.13. The Morgan fingerprint density at radius 2 is 2.10 bits per heavy atom. The van der Waals surface area contributed by atoms with Gasteiger partial charge in [-0.15, -0.1) is 0 Å². The number of sulfone groups is 1. The highest BCUT2D eigenvalue weighted by molar-refractivity contribution is 7.91. The molecule has 0 aliphatic carbocycles. The van der Waals surface area contributed by atoms with Gasteiger partial charge in [-0.3, -0.25) is 0 Å². The second-order valence-corrected chi connectivity index (χ2v) is 8.02. The highest BCUT2D eigenvalue weighted by Gasteiger charge is 2.42. The molecule has 0 radical (unpaired) electrons. The van der Waals surface area contributed by atoms with Gasteiger partial charge >= 0.3 is 0 Å². The van der Waals surface area contributed by atoms with Crippen molar-refractivity contribution in [3.05, 3.63) is 29.8 Å². The number of rotatable bonds is 3. The molecule has 1 fully saturated rings. The van der Waals surface area contributed by atoms with E-state index in [0.717, 1.165) is 25.2 Å². The summed E-state index contributed by atoms with van der Waals surface area (Å²) in [5.74, 6) is -0.0681. The lowest BCUT2D eigenvalue weighted by molar-refractivity contribution is 0.176. The van der Waals surface area contributed by atoms with Crippen LogP contribution >= 0.6 is 0 Å². The molecule has 0 saturated carbocycles. The molecule has 0 spiro atoms. The predicted molar refractivity (Wildman–Crippen MR) is 83.3 cm³/mol. The number of nitrogens with one attached hydrogen (secondary N) is 1. The molecule has 3 unspecified atom stereocenters. The SMILES string of the molecule is CCNC1CCN(C2CS(=O)(=O)CC2O)c2ccccc21. The van der Waals surface area contributed by atoms with Crippen molar-refractivity contribution in [3.63, 3.8) is 0 Å². The van der Waals surface area contributed by atoms with Gasteiger partial charge in [-0.05, 0) is 24.6 Å². The van der Waals surface area contributed by atoms with E-state index in [0.29, 0.717) is 6.04 Å². The van der Waals surface area contributed by atoms with Crippen LogP contribution in [0.2, 0.25) is 0 Å². The minimum Gasteiger partial charge on any atom is -0.390 e. The van der Waals surface area contributed by atoms with Gasteiger partial charge in [0.15, 0.2) is 9.84 Å². The second kappa shape index (κ2) is 5.59. The summed E-state index contributed by atoms with van der Waals surface area (Å²) in [5, 5.41) is 13.6. The lowest BCUT2D eigenvalue weighted by Gasteiger charge is -2.40. The third kappa shape index (κ3) is 2.80. The minimum atomic E-state index is -3.13. The molecule has 6 heteroatoms. The van der Waals surface area contributed by atoms with E-state index in [2.05, 4.69) is 23.2 Å². The van der Waals surface area contributed by atoms with Crippen LogP contribution < -0.4 is 10.2 Å². The largest absolute Gasteiger partial charge is 0.390 e. The first-order valence-electron chi connectivity index (χ1n) is 7.49. The molecule has 0 bridgehead atoms. The molecule has 116 valence electrons. The summed E-state index contributed by atoms with van der Waals surface area (Å²) < 4.78 is 23.5. The fourth-order valence-electron chi connectivity index (χ4n) is 3.50. The van der Waals surface area contributed by atoms with Crippen LogP contribution in [0.1, 0.15) is 24.9 Å². The smallest absolute Gasteiger partial charge is 0.155 e. The van der Waals surface area contributed by atoms with Crippen LogP contribution in [0.15, 0.2) is 24.3 Å². The number of aliphatic hydroxyl groups excluding tert-OH is 1. The fourth-order valence-corrected chi connectivity index (χ4v) is 5.30. The van der Waals surface area contributed by atoms with Crippen molar-refractivity contribution in [1.82, 2.24) is 5.32 Å². The quantitative estimate of drug-likeness (QED) is 0.860. The Balaban J connectivity index is 1.93. The summed E-state index contributed by atoms with van der Waals surface area (Å²) in [6, 6.07) is 8.07. The minimum absolute atomic E-state index is 0.0500. The van der Waals surface area contributed by atoms with E-state index >= 15 is 0 Å². The van der Waals surface area contributed by atoms with Gasteiger partial charge in [-0.2, -0.15) is 0 Å². The predicted octanol–water partition coefficient (Wildman–Crippen LogP) is 0.705. The van der Waals surface area contributed by atoms with Crippen molar-refractivity contribution in [1.29, 1.82) is 0 Å². The van der Waals surface area contributed by atoms with E-state index < -0.39 is 15.9 Å². The first-order chi connectivity index (χ1) is 10.0. The molecule has 1 aromatic rings. The lowest BCUT2D eigenvalue weighted by Crippen LogP contribution is -2.47. The third-order valence-corrected chi connectivity index (χ3v) is 6.12. The second-order valence-electron chi connectivity index (χ2n) is 5.86. The number of hydrogen-bond donors (Lipinski definition) is 2. The topological polar surface area (TPSA) is 69.6 Å². The fraction of sp³-hybridized carbons (Fsp3) is 0.600. The maximum Gasteiger partial charge on any atom is 0.155 e. The number of aliphatic hydroxyl groups is 1. The van der Waals surface area contributed by atoms with E-state index in [1.165, 1.54) is 5.56 Å². The van der Waals surface area contributed by atoms with Gasteiger partial charge in [0.2, 0.25) is 0 Å². The molecule has 2 aliphatic rings. The van der Waals surface area contributed by atoms with E-state index in [1.807, 2.05) is 18.2 Å². The van der Waals surface area contributed by atoms with Crippen molar-refractivity contribution in [2.75, 3.05) is 29.5 Å². The number of para-hydroxylation sites is 1. The monoisotopic (exact) mass is 310 g/mol. The molecule has 3 rings (SSSR count). The van der Waals surface area contributed by atoms with E-state index in [4.69, 9.17) is 0 Å². The third-order valence-electron chi connectivity index (χ3n) is 4.42. The Labute approximate surface area is 125 Å². The van der Waals surface area contributed by atoms with Gasteiger partial charge in [0.25, 0.3) is 0 Å². The van der Waals surface area contributed by atoms with Gasteiger partial charge in [0, 0.05) is 18.3 Å². The van der Waals surface area contributed by atoms with E-state index in [1.54, 1.807) is 0 Å². The van der Waals surface area contributed by atoms with Gasteiger partial charge in [-0.1, -0.05) is 25.1 Å². The molecule has 1 saturated heterocycles. The summed E-state index contributed by atoms with van der Waals surface area (Å²) in [5.41, 5.74) is 2.25. The molecular weight excluding hydrogens is 288 g/mol. The lowest BCUT2D eigenvalue weighted by atomic mass is 9.94. The van der Waals surface area contributed by atoms with Crippen LogP contribution in [0, 0.1) is 0 Å². The molecule has 2 heterocycles. The van der Waals surface area contributed by atoms with Crippen LogP contribution in [0.25, 0.3) is 0 Å². The zero-order chi connectivity index (χ0) is 15.0. The number of fused-ring (bicyclic) bond motifs is 1. The van der Waals surface area contributed by atoms with E-state index in [-0.39, 0.29) is 17.5 Å². The normalized spacial score (nSPS) is 31.1. The van der Waals surface area contributed by atoms with Crippen LogP contribution in [0.4, 0.5) is 5.69 Å². The van der Waals surface area contributed by atoms with Crippen LogP contribution in [-0.2, 0) is 9.84 Å². The molecule has 5 nitrogen and oxygen atoms in total. The molecule has 2 N–H and O–H groups in total. The zero-order valence-corrected chi connectivity index (χ0v) is 13.0. The highest BCUT2D eigenvalue weighted by Crippen LogP contribution is 2.36. The molecular formula is C15H22N2O3S. The van der Waals surface area contributed by atoms with Crippen molar-refractivity contribution in [2.24, 2.45) is 0 Å². The average Bonchev–Trinajstić information content (AvgIpc) is 2.72. The van der Waals surface area contributed by atoms with Gasteiger partial charge in [-0.25, -0.2) is 8.42 Å². The van der Waals surface area contributed by atoms with Gasteiger partial charge in [0.05, 0.1) is 23.7 Å². The first-order valence-corrected chi connectivity index (χ1v) is 9.31. The summed E-state index contributed by atoms with van der Waals surface area (Å²) in [4.78, 5) is 2.08. The maximum atomic E-state index is 11.8. The molecule has 0 aromatic heterocycles. The molecule has 3 atom stereocenters. The number of hydrogen-bond acceptors (Lipinski definition) is 5. The Bertz CT molecular complexity index is 617. The maximum absolute atomic E-state index is 11.8. The number of nitrogens with zero attached hydrogens (tertiary/aromatic N) is 1. The average molecular weight is 310 g/mol. The zero-order valence-electron chi connectivity index (χ0n) is 12.2. The van der Waals surface area contributed by atoms with Crippen molar-refractivity contribution in [3.8, 4) is 0 Å². The standard InChI is InChI=1S/C15H22N2O3S/c1-2-16-12-7-8-17(13-6-4-3-5-11(12)13)14-9-21(19,20)10-15(14)18/h3-6,12,14-16,18H,2,7-10H2,1H3. The molecule has 2 aliphatic heterocycles. The summed E-state index contributed by atoms with van der Waals surface area (Å²) >= 11 is 0.